The maximum absolute atomic E-state index is 12.3. The number of aryl methyl sites for hydroxylation is 1. The molecule has 1 amide bonds. The molecular formula is C16H25N3O3S2. The minimum absolute atomic E-state index is 0.0686. The van der Waals surface area contributed by atoms with E-state index in [1.54, 1.807) is 11.3 Å². The molecule has 2 fully saturated rings. The molecule has 0 unspecified atom stereocenters. The first-order chi connectivity index (χ1) is 11.5. The van der Waals surface area contributed by atoms with Gasteiger partial charge in [0.05, 0.1) is 16.5 Å². The Morgan fingerprint density at radius 2 is 2.12 bits per heavy atom. The Hall–Kier alpha value is -0.990. The van der Waals surface area contributed by atoms with Gasteiger partial charge in [0.25, 0.3) is 0 Å². The summed E-state index contributed by atoms with van der Waals surface area (Å²) in [4.78, 5) is 18.7. The van der Waals surface area contributed by atoms with E-state index >= 15 is 0 Å². The smallest absolute Gasteiger partial charge is 0.223 e. The number of rotatable bonds is 6. The molecule has 2 aliphatic rings. The van der Waals surface area contributed by atoms with Crippen LogP contribution in [0, 0.1) is 5.92 Å². The number of likely N-dealkylation sites (tertiary alicyclic amines) is 1. The zero-order chi connectivity index (χ0) is 17.0. The average molecular weight is 372 g/mol. The van der Waals surface area contributed by atoms with Crippen molar-refractivity contribution < 1.29 is 13.2 Å². The minimum atomic E-state index is -2.83. The van der Waals surface area contributed by atoms with Gasteiger partial charge >= 0.3 is 0 Å². The summed E-state index contributed by atoms with van der Waals surface area (Å²) < 4.78 is 23.2. The van der Waals surface area contributed by atoms with E-state index in [0.717, 1.165) is 50.2 Å². The van der Waals surface area contributed by atoms with Crippen molar-refractivity contribution in [3.05, 3.63) is 16.6 Å². The van der Waals surface area contributed by atoms with Gasteiger partial charge in [-0.2, -0.15) is 0 Å². The van der Waals surface area contributed by atoms with E-state index in [9.17, 15) is 13.2 Å². The lowest BCUT2D eigenvalue weighted by Gasteiger charge is -2.34. The molecule has 1 atom stereocenters. The van der Waals surface area contributed by atoms with Crippen LogP contribution in [0.5, 0.6) is 0 Å². The molecule has 0 radical (unpaired) electrons. The van der Waals surface area contributed by atoms with E-state index in [-0.39, 0.29) is 17.9 Å². The summed E-state index contributed by atoms with van der Waals surface area (Å²) in [6, 6.07) is 0.164. The summed E-state index contributed by atoms with van der Waals surface area (Å²) in [7, 11) is -2.83. The van der Waals surface area contributed by atoms with Gasteiger partial charge in [0.15, 0.2) is 9.84 Å². The number of hydrogen-bond donors (Lipinski definition) is 1. The predicted molar refractivity (Wildman–Crippen MR) is 94.8 cm³/mol. The number of piperidine rings is 1. The largest absolute Gasteiger partial charge is 0.356 e. The molecule has 0 aromatic carbocycles. The maximum atomic E-state index is 12.3. The molecule has 2 aliphatic heterocycles. The first kappa shape index (κ1) is 17.8. The van der Waals surface area contributed by atoms with E-state index in [1.807, 2.05) is 11.6 Å². The van der Waals surface area contributed by atoms with Gasteiger partial charge in [-0.15, -0.1) is 11.3 Å². The van der Waals surface area contributed by atoms with Crippen molar-refractivity contribution in [1.29, 1.82) is 0 Å². The van der Waals surface area contributed by atoms with E-state index < -0.39 is 9.84 Å². The molecule has 6 nitrogen and oxygen atoms in total. The van der Waals surface area contributed by atoms with E-state index in [1.165, 1.54) is 0 Å². The molecule has 0 aliphatic carbocycles. The van der Waals surface area contributed by atoms with Crippen LogP contribution < -0.4 is 5.32 Å². The maximum Gasteiger partial charge on any atom is 0.223 e. The number of carbonyl (C=O) groups is 1. The molecule has 24 heavy (non-hydrogen) atoms. The third-order valence-electron chi connectivity index (χ3n) is 4.98. The second-order valence-corrected chi connectivity index (χ2v) is 9.90. The lowest BCUT2D eigenvalue weighted by Crippen LogP contribution is -2.45. The second kappa shape index (κ2) is 7.93. The van der Waals surface area contributed by atoms with Crippen LogP contribution in [0.3, 0.4) is 0 Å². The molecule has 1 aromatic rings. The molecule has 2 saturated heterocycles. The van der Waals surface area contributed by atoms with Crippen LogP contribution in [0.1, 0.15) is 30.7 Å². The Morgan fingerprint density at radius 3 is 2.75 bits per heavy atom. The highest BCUT2D eigenvalue weighted by atomic mass is 32.2. The molecule has 3 heterocycles. The van der Waals surface area contributed by atoms with Crippen molar-refractivity contribution in [2.45, 2.75) is 38.1 Å². The van der Waals surface area contributed by atoms with Crippen molar-refractivity contribution in [1.82, 2.24) is 15.2 Å². The number of hydrogen-bond acceptors (Lipinski definition) is 6. The highest BCUT2D eigenvalue weighted by Gasteiger charge is 2.35. The van der Waals surface area contributed by atoms with Crippen molar-refractivity contribution in [3.63, 3.8) is 0 Å². The van der Waals surface area contributed by atoms with Gasteiger partial charge in [0, 0.05) is 36.5 Å². The molecular weight excluding hydrogens is 346 g/mol. The Balaban J connectivity index is 1.34. The number of amides is 1. The van der Waals surface area contributed by atoms with Gasteiger partial charge in [0.1, 0.15) is 0 Å². The van der Waals surface area contributed by atoms with Crippen molar-refractivity contribution in [3.8, 4) is 0 Å². The van der Waals surface area contributed by atoms with Crippen molar-refractivity contribution in [2.24, 2.45) is 5.92 Å². The zero-order valence-electron chi connectivity index (χ0n) is 13.8. The van der Waals surface area contributed by atoms with E-state index in [4.69, 9.17) is 0 Å². The van der Waals surface area contributed by atoms with Gasteiger partial charge < -0.3 is 5.32 Å². The summed E-state index contributed by atoms with van der Waals surface area (Å²) in [5.41, 5.74) is 0. The molecule has 3 rings (SSSR count). The monoisotopic (exact) mass is 371 g/mol. The fraction of sp³-hybridized carbons (Fsp3) is 0.750. The third kappa shape index (κ3) is 4.77. The Kier molecular flexibility index (Phi) is 5.89. The molecule has 0 spiro atoms. The summed E-state index contributed by atoms with van der Waals surface area (Å²) in [6.07, 6.45) is 6.03. The standard InChI is InChI=1S/C16H25N3O3S2/c20-16(18-6-1-2-15-17-7-10-23-15)13-3-8-19(9-4-13)14-5-11-24(21,22)12-14/h7,10,13-14H,1-6,8-9,11-12H2,(H,18,20)/t14-/m1/s1. The fourth-order valence-corrected chi connectivity index (χ4v) is 5.99. The van der Waals surface area contributed by atoms with Crippen LogP contribution in [0.4, 0.5) is 0 Å². The topological polar surface area (TPSA) is 79.4 Å². The lowest BCUT2D eigenvalue weighted by molar-refractivity contribution is -0.126. The van der Waals surface area contributed by atoms with Gasteiger partial charge in [-0.3, -0.25) is 9.69 Å². The summed E-state index contributed by atoms with van der Waals surface area (Å²) in [5.74, 6) is 0.824. The molecule has 1 N–H and O–H groups in total. The first-order valence-electron chi connectivity index (χ1n) is 8.64. The number of sulfone groups is 1. The lowest BCUT2D eigenvalue weighted by atomic mass is 9.94. The van der Waals surface area contributed by atoms with Crippen molar-refractivity contribution in [2.75, 3.05) is 31.1 Å². The van der Waals surface area contributed by atoms with Crippen LogP contribution in [-0.4, -0.2) is 61.4 Å². The Morgan fingerprint density at radius 1 is 1.33 bits per heavy atom. The van der Waals surface area contributed by atoms with Crippen molar-refractivity contribution >= 4 is 27.1 Å². The van der Waals surface area contributed by atoms with Crippen LogP contribution in [0.15, 0.2) is 11.6 Å². The first-order valence-corrected chi connectivity index (χ1v) is 11.3. The fourth-order valence-electron chi connectivity index (χ4n) is 3.56. The molecule has 0 bridgehead atoms. The molecule has 8 heteroatoms. The summed E-state index contributed by atoms with van der Waals surface area (Å²) >= 11 is 1.65. The summed E-state index contributed by atoms with van der Waals surface area (Å²) in [6.45, 7) is 2.36. The Labute approximate surface area is 147 Å². The molecule has 0 saturated carbocycles. The van der Waals surface area contributed by atoms with E-state index in [0.29, 0.717) is 18.1 Å². The quantitative estimate of drug-likeness (QED) is 0.758. The molecule has 134 valence electrons. The number of nitrogens with one attached hydrogen (secondary N) is 1. The van der Waals surface area contributed by atoms with Gasteiger partial charge in [0.2, 0.25) is 5.91 Å². The number of aromatic nitrogens is 1. The highest BCUT2D eigenvalue weighted by Crippen LogP contribution is 2.24. The zero-order valence-corrected chi connectivity index (χ0v) is 15.4. The minimum Gasteiger partial charge on any atom is -0.356 e. The van der Waals surface area contributed by atoms with Crippen LogP contribution >= 0.6 is 11.3 Å². The SMILES string of the molecule is O=C(NCCCc1nccs1)C1CCN([C@@H]2CCS(=O)(=O)C2)CC1. The van der Waals surface area contributed by atoms with Crippen LogP contribution in [0.25, 0.3) is 0 Å². The van der Waals surface area contributed by atoms with E-state index in [2.05, 4.69) is 15.2 Å². The normalized spacial score (nSPS) is 24.9. The van der Waals surface area contributed by atoms with Crippen LogP contribution in [0.2, 0.25) is 0 Å². The summed E-state index contributed by atoms with van der Waals surface area (Å²) in [5, 5.41) is 6.12. The van der Waals surface area contributed by atoms with Gasteiger partial charge in [-0.25, -0.2) is 13.4 Å². The third-order valence-corrected chi connectivity index (χ3v) is 7.57. The Bertz CT molecular complexity index is 638. The predicted octanol–water partition coefficient (Wildman–Crippen LogP) is 1.09. The number of nitrogens with zero attached hydrogens (tertiary/aromatic N) is 2. The number of thiazole rings is 1. The second-order valence-electron chi connectivity index (χ2n) is 6.69. The van der Waals surface area contributed by atoms with Gasteiger partial charge in [-0.05, 0) is 38.8 Å². The van der Waals surface area contributed by atoms with Crippen LogP contribution in [-0.2, 0) is 21.1 Å². The highest BCUT2D eigenvalue weighted by molar-refractivity contribution is 7.91. The average Bonchev–Trinajstić information content (AvgIpc) is 3.21. The number of carbonyl (C=O) groups excluding carboxylic acids is 1. The molecule has 1 aromatic heterocycles. The van der Waals surface area contributed by atoms with Gasteiger partial charge in [-0.1, -0.05) is 0 Å².